The minimum atomic E-state index is 0.325. The highest BCUT2D eigenvalue weighted by Gasteiger charge is 2.31. The van der Waals surface area contributed by atoms with Crippen molar-refractivity contribution < 1.29 is 4.42 Å². The molecule has 1 aromatic carbocycles. The molecule has 0 amide bonds. The van der Waals surface area contributed by atoms with Crippen molar-refractivity contribution in [2.45, 2.75) is 38.4 Å². The van der Waals surface area contributed by atoms with Gasteiger partial charge in [-0.25, -0.2) is 0 Å². The monoisotopic (exact) mass is 348 g/mol. The Bertz CT molecular complexity index is 593. The van der Waals surface area contributed by atoms with E-state index < -0.39 is 0 Å². The van der Waals surface area contributed by atoms with Crippen LogP contribution >= 0.6 is 15.9 Å². The van der Waals surface area contributed by atoms with Crippen LogP contribution in [0.25, 0.3) is 0 Å². The second-order valence-corrected chi connectivity index (χ2v) is 6.57. The first-order valence-corrected chi connectivity index (χ1v) is 8.24. The average molecular weight is 349 g/mol. The number of furan rings is 1. The first-order valence-electron chi connectivity index (χ1n) is 7.44. The SMILES string of the molecule is CNC(C)c1ccc(Br)cc1N(Cc1ccco1)C1CC1. The van der Waals surface area contributed by atoms with Crippen molar-refractivity contribution >= 4 is 21.6 Å². The average Bonchev–Trinajstić information content (AvgIpc) is 3.20. The van der Waals surface area contributed by atoms with Gasteiger partial charge in [0.15, 0.2) is 0 Å². The molecule has 21 heavy (non-hydrogen) atoms. The van der Waals surface area contributed by atoms with E-state index in [2.05, 4.69) is 57.3 Å². The lowest BCUT2D eigenvalue weighted by Gasteiger charge is -2.28. The molecule has 3 nitrogen and oxygen atoms in total. The number of nitrogens with one attached hydrogen (secondary N) is 1. The Morgan fingerprint density at radius 3 is 2.81 bits per heavy atom. The minimum Gasteiger partial charge on any atom is -0.467 e. The van der Waals surface area contributed by atoms with E-state index in [4.69, 9.17) is 4.42 Å². The van der Waals surface area contributed by atoms with Gasteiger partial charge in [0.2, 0.25) is 0 Å². The summed E-state index contributed by atoms with van der Waals surface area (Å²) in [5.41, 5.74) is 2.63. The highest BCUT2D eigenvalue weighted by atomic mass is 79.9. The van der Waals surface area contributed by atoms with Gasteiger partial charge in [0.1, 0.15) is 5.76 Å². The molecule has 3 rings (SSSR count). The maximum Gasteiger partial charge on any atom is 0.123 e. The van der Waals surface area contributed by atoms with E-state index in [0.717, 1.165) is 16.8 Å². The van der Waals surface area contributed by atoms with Gasteiger partial charge in [-0.1, -0.05) is 22.0 Å². The number of rotatable bonds is 6. The maximum absolute atomic E-state index is 5.55. The van der Waals surface area contributed by atoms with Gasteiger partial charge < -0.3 is 14.6 Å². The summed E-state index contributed by atoms with van der Waals surface area (Å²) in [5, 5.41) is 3.35. The van der Waals surface area contributed by atoms with Gasteiger partial charge in [0, 0.05) is 22.2 Å². The molecule has 1 aromatic heterocycles. The molecule has 4 heteroatoms. The molecule has 1 aliphatic rings. The van der Waals surface area contributed by atoms with Crippen LogP contribution in [0.4, 0.5) is 5.69 Å². The number of anilines is 1. The molecule has 1 atom stereocenters. The number of hydrogen-bond acceptors (Lipinski definition) is 3. The van der Waals surface area contributed by atoms with Crippen molar-refractivity contribution in [3.63, 3.8) is 0 Å². The molecule has 0 radical (unpaired) electrons. The van der Waals surface area contributed by atoms with E-state index in [1.54, 1.807) is 6.26 Å². The molecule has 2 aromatic rings. The predicted molar refractivity (Wildman–Crippen MR) is 89.5 cm³/mol. The normalized spacial score (nSPS) is 16.0. The molecule has 0 saturated heterocycles. The van der Waals surface area contributed by atoms with Gasteiger partial charge >= 0.3 is 0 Å². The molecular weight excluding hydrogens is 328 g/mol. The standard InChI is InChI=1S/C17H21BrN2O/c1-12(19-2)16-8-5-13(18)10-17(16)20(14-6-7-14)11-15-4-3-9-21-15/h3-5,8-10,12,14,19H,6-7,11H2,1-2H3. The van der Waals surface area contributed by atoms with Crippen molar-refractivity contribution in [2.24, 2.45) is 0 Å². The van der Waals surface area contributed by atoms with Gasteiger partial charge in [-0.2, -0.15) is 0 Å². The predicted octanol–water partition coefficient (Wildman–Crippen LogP) is 4.49. The number of halogens is 1. The van der Waals surface area contributed by atoms with Gasteiger partial charge in [-0.15, -0.1) is 0 Å². The molecule has 112 valence electrons. The zero-order chi connectivity index (χ0) is 14.8. The van der Waals surface area contributed by atoms with Gasteiger partial charge in [0.05, 0.1) is 12.8 Å². The molecule has 1 heterocycles. The van der Waals surface area contributed by atoms with Crippen LogP contribution in [0.15, 0.2) is 45.5 Å². The maximum atomic E-state index is 5.55. The molecule has 1 fully saturated rings. The van der Waals surface area contributed by atoms with Crippen LogP contribution in [0, 0.1) is 0 Å². The van der Waals surface area contributed by atoms with E-state index in [1.165, 1.54) is 24.1 Å². The summed E-state index contributed by atoms with van der Waals surface area (Å²) in [6.45, 7) is 3.03. The number of nitrogens with zero attached hydrogens (tertiary/aromatic N) is 1. The Balaban J connectivity index is 1.96. The summed E-state index contributed by atoms with van der Waals surface area (Å²) in [7, 11) is 2.00. The molecule has 0 bridgehead atoms. The van der Waals surface area contributed by atoms with Crippen molar-refractivity contribution in [3.05, 3.63) is 52.4 Å². The summed E-state index contributed by atoms with van der Waals surface area (Å²) in [5.74, 6) is 1.02. The van der Waals surface area contributed by atoms with Crippen LogP contribution in [0.5, 0.6) is 0 Å². The lowest BCUT2D eigenvalue weighted by Crippen LogP contribution is -2.27. The van der Waals surface area contributed by atoms with Crippen molar-refractivity contribution in [2.75, 3.05) is 11.9 Å². The molecule has 1 N–H and O–H groups in total. The zero-order valence-electron chi connectivity index (χ0n) is 12.5. The second-order valence-electron chi connectivity index (χ2n) is 5.65. The summed E-state index contributed by atoms with van der Waals surface area (Å²) in [6, 6.07) is 11.5. The highest BCUT2D eigenvalue weighted by molar-refractivity contribution is 9.10. The molecule has 1 saturated carbocycles. The fourth-order valence-corrected chi connectivity index (χ4v) is 3.00. The summed E-state index contributed by atoms with van der Waals surface area (Å²) in [4.78, 5) is 2.48. The largest absolute Gasteiger partial charge is 0.467 e. The third-order valence-corrected chi connectivity index (χ3v) is 4.59. The molecule has 0 aliphatic heterocycles. The van der Waals surface area contributed by atoms with Crippen LogP contribution in [0.1, 0.15) is 37.1 Å². The van der Waals surface area contributed by atoms with Crippen molar-refractivity contribution in [1.29, 1.82) is 0 Å². The zero-order valence-corrected chi connectivity index (χ0v) is 14.1. The van der Waals surface area contributed by atoms with Gasteiger partial charge in [-0.3, -0.25) is 0 Å². The van der Waals surface area contributed by atoms with E-state index in [9.17, 15) is 0 Å². The fourth-order valence-electron chi connectivity index (χ4n) is 2.65. The molecule has 1 aliphatic carbocycles. The minimum absolute atomic E-state index is 0.325. The molecule has 1 unspecified atom stereocenters. The lowest BCUT2D eigenvalue weighted by molar-refractivity contribution is 0.500. The van der Waals surface area contributed by atoms with E-state index >= 15 is 0 Å². The van der Waals surface area contributed by atoms with Crippen molar-refractivity contribution in [1.82, 2.24) is 5.32 Å². The van der Waals surface area contributed by atoms with Crippen LogP contribution in [0.2, 0.25) is 0 Å². The summed E-state index contributed by atoms with van der Waals surface area (Å²) >= 11 is 3.61. The fraction of sp³-hybridized carbons (Fsp3) is 0.412. The van der Waals surface area contributed by atoms with E-state index in [-0.39, 0.29) is 0 Å². The Kier molecular flexibility index (Phi) is 4.36. The Morgan fingerprint density at radius 2 is 2.19 bits per heavy atom. The lowest BCUT2D eigenvalue weighted by atomic mass is 10.0. The van der Waals surface area contributed by atoms with Crippen LogP contribution in [0.3, 0.4) is 0 Å². The van der Waals surface area contributed by atoms with Gasteiger partial charge in [0.25, 0.3) is 0 Å². The van der Waals surface area contributed by atoms with Crippen LogP contribution in [-0.2, 0) is 6.54 Å². The van der Waals surface area contributed by atoms with Gasteiger partial charge in [-0.05, 0) is 56.6 Å². The van der Waals surface area contributed by atoms with E-state index in [1.807, 2.05) is 13.1 Å². The number of benzene rings is 1. The quantitative estimate of drug-likeness (QED) is 0.833. The first kappa shape index (κ1) is 14.7. The third kappa shape index (κ3) is 3.33. The Labute approximate surface area is 134 Å². The van der Waals surface area contributed by atoms with Crippen molar-refractivity contribution in [3.8, 4) is 0 Å². The number of hydrogen-bond donors (Lipinski definition) is 1. The van der Waals surface area contributed by atoms with E-state index in [0.29, 0.717) is 12.1 Å². The van der Waals surface area contributed by atoms with Crippen LogP contribution < -0.4 is 10.2 Å². The molecular formula is C17H21BrN2O. The first-order chi connectivity index (χ1) is 10.2. The Morgan fingerprint density at radius 1 is 1.38 bits per heavy atom. The topological polar surface area (TPSA) is 28.4 Å². The Hall–Kier alpha value is -1.26. The third-order valence-electron chi connectivity index (χ3n) is 4.10. The smallest absolute Gasteiger partial charge is 0.123 e. The highest BCUT2D eigenvalue weighted by Crippen LogP contribution is 2.38. The molecule has 0 spiro atoms. The summed E-state index contributed by atoms with van der Waals surface area (Å²) in [6.07, 6.45) is 4.28. The van der Waals surface area contributed by atoms with Crippen LogP contribution in [-0.4, -0.2) is 13.1 Å². The summed E-state index contributed by atoms with van der Waals surface area (Å²) < 4.78 is 6.67. The second kappa shape index (κ2) is 6.24.